The van der Waals surface area contributed by atoms with Crippen LogP contribution in [-0.2, 0) is 14.3 Å². The number of carbonyl (C=O) groups excluding carboxylic acids is 3. The highest BCUT2D eigenvalue weighted by Crippen LogP contribution is 2.44. The van der Waals surface area contributed by atoms with E-state index < -0.39 is 23.7 Å². The molecule has 0 radical (unpaired) electrons. The first-order valence-corrected chi connectivity index (χ1v) is 13.7. The van der Waals surface area contributed by atoms with Gasteiger partial charge in [0.1, 0.15) is 22.0 Å². The number of aryl methyl sites for hydroxylation is 2. The van der Waals surface area contributed by atoms with Crippen LogP contribution in [-0.4, -0.2) is 50.3 Å². The Labute approximate surface area is 234 Å². The van der Waals surface area contributed by atoms with Gasteiger partial charge in [-0.1, -0.05) is 36.5 Å². The molecule has 1 N–H and O–H groups in total. The van der Waals surface area contributed by atoms with Crippen LogP contribution < -0.4 is 9.64 Å². The standard InChI is InChI=1S/C29H28N4O6S/c1-5-14-39-19-11-9-10-18(15-19)23-21(24(34)22-16(3)30-20-12-7-8-13-32(20)22)25(35)27(36)33(23)29-31-17(4)26(40-29)28(37)38-6-2/h7-13,15,23,34H,5-6,14H2,1-4H3/b24-21+. The Bertz CT molecular complexity index is 1670. The lowest BCUT2D eigenvalue weighted by atomic mass is 9.96. The first kappa shape index (κ1) is 27.1. The first-order valence-electron chi connectivity index (χ1n) is 12.9. The summed E-state index contributed by atoms with van der Waals surface area (Å²) in [4.78, 5) is 50.2. The van der Waals surface area contributed by atoms with Crippen LogP contribution in [0.1, 0.15) is 58.6 Å². The normalized spacial score (nSPS) is 16.6. The summed E-state index contributed by atoms with van der Waals surface area (Å²) in [6, 6.07) is 11.4. The topological polar surface area (TPSA) is 123 Å². The maximum Gasteiger partial charge on any atom is 0.350 e. The molecule has 11 heteroatoms. The van der Waals surface area contributed by atoms with Gasteiger partial charge in [-0.05, 0) is 57.0 Å². The zero-order chi connectivity index (χ0) is 28.6. The highest BCUT2D eigenvalue weighted by Gasteiger charge is 2.49. The van der Waals surface area contributed by atoms with E-state index in [0.717, 1.165) is 17.8 Å². The quantitative estimate of drug-likeness (QED) is 0.138. The average molecular weight is 561 g/mol. The van der Waals surface area contributed by atoms with Gasteiger partial charge < -0.3 is 14.6 Å². The lowest BCUT2D eigenvalue weighted by molar-refractivity contribution is -0.132. The number of ether oxygens (including phenoxy) is 2. The van der Waals surface area contributed by atoms with Crippen molar-refractivity contribution in [1.82, 2.24) is 14.4 Å². The van der Waals surface area contributed by atoms with E-state index in [1.165, 1.54) is 4.90 Å². The zero-order valence-electron chi connectivity index (χ0n) is 22.5. The molecular formula is C29H28N4O6S. The number of rotatable bonds is 8. The molecule has 5 rings (SSSR count). The van der Waals surface area contributed by atoms with E-state index in [9.17, 15) is 19.5 Å². The van der Waals surface area contributed by atoms with Crippen LogP contribution in [0, 0.1) is 13.8 Å². The summed E-state index contributed by atoms with van der Waals surface area (Å²) >= 11 is 0.958. The smallest absolute Gasteiger partial charge is 0.350 e. The van der Waals surface area contributed by atoms with Gasteiger partial charge in [-0.3, -0.25) is 18.9 Å². The lowest BCUT2D eigenvalue weighted by Crippen LogP contribution is -2.29. The molecule has 206 valence electrons. The van der Waals surface area contributed by atoms with Gasteiger partial charge in [0.2, 0.25) is 0 Å². The fourth-order valence-electron chi connectivity index (χ4n) is 4.74. The number of carbonyl (C=O) groups is 3. The second-order valence-corrected chi connectivity index (χ2v) is 10.2. The number of fused-ring (bicyclic) bond motifs is 1. The van der Waals surface area contributed by atoms with E-state index in [-0.39, 0.29) is 27.9 Å². The Morgan fingerprint density at radius 3 is 2.62 bits per heavy atom. The number of amides is 1. The summed E-state index contributed by atoms with van der Waals surface area (Å²) in [6.07, 6.45) is 2.52. The number of imidazole rings is 1. The van der Waals surface area contributed by atoms with Crippen molar-refractivity contribution in [1.29, 1.82) is 0 Å². The van der Waals surface area contributed by atoms with Crippen LogP contribution in [0.2, 0.25) is 0 Å². The predicted octanol–water partition coefficient (Wildman–Crippen LogP) is 5.00. The van der Waals surface area contributed by atoms with Gasteiger partial charge in [0, 0.05) is 6.20 Å². The number of nitrogens with zero attached hydrogens (tertiary/aromatic N) is 4. The molecule has 0 aliphatic carbocycles. The highest BCUT2D eigenvalue weighted by atomic mass is 32.1. The Morgan fingerprint density at radius 2 is 1.88 bits per heavy atom. The van der Waals surface area contributed by atoms with Crippen molar-refractivity contribution in [3.63, 3.8) is 0 Å². The maximum absolute atomic E-state index is 13.7. The van der Waals surface area contributed by atoms with E-state index in [1.54, 1.807) is 67.8 Å². The SMILES string of the molecule is CCCOc1cccc(C2/C(=C(\O)c3c(C)nc4ccccn34)C(=O)C(=O)N2c2nc(C)c(C(=O)OCC)s2)c1. The molecule has 1 fully saturated rings. The monoisotopic (exact) mass is 560 g/mol. The highest BCUT2D eigenvalue weighted by molar-refractivity contribution is 7.17. The van der Waals surface area contributed by atoms with Gasteiger partial charge in [0.25, 0.3) is 5.78 Å². The molecule has 1 amide bonds. The van der Waals surface area contributed by atoms with Gasteiger partial charge in [0.05, 0.1) is 36.2 Å². The van der Waals surface area contributed by atoms with Crippen LogP contribution in [0.4, 0.5) is 5.13 Å². The third-order valence-electron chi connectivity index (χ3n) is 6.47. The largest absolute Gasteiger partial charge is 0.505 e. The molecule has 4 aromatic rings. The number of aliphatic hydroxyl groups excluding tert-OH is 1. The van der Waals surface area contributed by atoms with E-state index in [4.69, 9.17) is 9.47 Å². The summed E-state index contributed by atoms with van der Waals surface area (Å²) in [5.74, 6) is -2.12. The number of pyridine rings is 1. The third-order valence-corrected chi connectivity index (χ3v) is 7.61. The van der Waals surface area contributed by atoms with E-state index >= 15 is 0 Å². The minimum absolute atomic E-state index is 0.114. The summed E-state index contributed by atoms with van der Waals surface area (Å²) in [5, 5.41) is 11.8. The molecule has 0 bridgehead atoms. The lowest BCUT2D eigenvalue weighted by Gasteiger charge is -2.23. The van der Waals surface area contributed by atoms with Crippen LogP contribution >= 0.6 is 11.3 Å². The molecule has 1 saturated heterocycles. The van der Waals surface area contributed by atoms with E-state index in [1.807, 2.05) is 13.0 Å². The number of hydrogen-bond donors (Lipinski definition) is 1. The number of Topliss-reactive ketones (excluding diaryl/α,β-unsaturated/α-hetero) is 1. The molecule has 0 spiro atoms. The molecule has 3 aromatic heterocycles. The molecule has 0 saturated carbocycles. The summed E-state index contributed by atoms with van der Waals surface area (Å²) in [7, 11) is 0. The molecule has 1 unspecified atom stereocenters. The number of aromatic nitrogens is 3. The van der Waals surface area contributed by atoms with E-state index in [2.05, 4.69) is 9.97 Å². The summed E-state index contributed by atoms with van der Waals surface area (Å²) in [6.45, 7) is 7.71. The van der Waals surface area contributed by atoms with Crippen molar-refractivity contribution < 1.29 is 29.0 Å². The van der Waals surface area contributed by atoms with Crippen molar-refractivity contribution in [2.75, 3.05) is 18.1 Å². The van der Waals surface area contributed by atoms with Crippen molar-refractivity contribution in [2.24, 2.45) is 0 Å². The van der Waals surface area contributed by atoms with Crippen molar-refractivity contribution in [3.05, 3.63) is 81.8 Å². The number of anilines is 1. The fraction of sp³-hybridized carbons (Fsp3) is 0.276. The number of aliphatic hydroxyl groups is 1. The molecular weight excluding hydrogens is 532 g/mol. The van der Waals surface area contributed by atoms with Crippen molar-refractivity contribution in [3.8, 4) is 5.75 Å². The van der Waals surface area contributed by atoms with Gasteiger partial charge >= 0.3 is 11.9 Å². The number of thiazole rings is 1. The third kappa shape index (κ3) is 4.62. The van der Waals surface area contributed by atoms with Crippen LogP contribution in [0.25, 0.3) is 11.4 Å². The molecule has 40 heavy (non-hydrogen) atoms. The second-order valence-electron chi connectivity index (χ2n) is 9.20. The number of hydrogen-bond acceptors (Lipinski definition) is 9. The number of ketones is 1. The van der Waals surface area contributed by atoms with Crippen LogP contribution in [0.5, 0.6) is 5.75 Å². The fourth-order valence-corrected chi connectivity index (χ4v) is 5.72. The Hall–Kier alpha value is -4.51. The predicted molar refractivity (Wildman–Crippen MR) is 150 cm³/mol. The van der Waals surface area contributed by atoms with Crippen LogP contribution in [0.3, 0.4) is 0 Å². The zero-order valence-corrected chi connectivity index (χ0v) is 23.3. The first-order chi connectivity index (χ1) is 19.3. The van der Waals surface area contributed by atoms with Gasteiger partial charge in [0.15, 0.2) is 10.9 Å². The molecule has 1 aliphatic heterocycles. The van der Waals surface area contributed by atoms with E-state index in [0.29, 0.717) is 40.6 Å². The Morgan fingerprint density at radius 1 is 1.07 bits per heavy atom. The Kier molecular flexibility index (Phi) is 7.40. The number of benzene rings is 1. The number of esters is 1. The van der Waals surface area contributed by atoms with Gasteiger partial charge in [-0.2, -0.15) is 0 Å². The van der Waals surface area contributed by atoms with Crippen molar-refractivity contribution in [2.45, 2.75) is 40.2 Å². The van der Waals surface area contributed by atoms with Gasteiger partial charge in [-0.25, -0.2) is 14.8 Å². The molecule has 1 aliphatic rings. The second kappa shape index (κ2) is 10.9. The average Bonchev–Trinajstić information content (AvgIpc) is 3.57. The summed E-state index contributed by atoms with van der Waals surface area (Å²) < 4.78 is 12.6. The Balaban J connectivity index is 1.73. The molecule has 10 nitrogen and oxygen atoms in total. The van der Waals surface area contributed by atoms with Crippen LogP contribution in [0.15, 0.2) is 54.2 Å². The van der Waals surface area contributed by atoms with Gasteiger partial charge in [-0.15, -0.1) is 0 Å². The maximum atomic E-state index is 13.7. The molecule has 1 atom stereocenters. The molecule has 1 aromatic carbocycles. The summed E-state index contributed by atoms with van der Waals surface area (Å²) in [5.41, 5.74) is 2.17. The molecule has 4 heterocycles. The van der Waals surface area contributed by atoms with Crippen molar-refractivity contribution >= 4 is 45.5 Å². The minimum Gasteiger partial charge on any atom is -0.505 e. The minimum atomic E-state index is -1.04.